The Morgan fingerprint density at radius 2 is 1.52 bits per heavy atom. The molecule has 1 N–H and O–H groups in total. The van der Waals surface area contributed by atoms with Gasteiger partial charge in [0.1, 0.15) is 0 Å². The zero-order chi connectivity index (χ0) is 17.8. The van der Waals surface area contributed by atoms with Crippen LogP contribution in [0.4, 0.5) is 0 Å². The molecule has 1 unspecified atom stereocenters. The number of hydrogen-bond donors (Lipinski definition) is 1. The molecular weight excluding hydrogens is 334 g/mol. The Balaban J connectivity index is 1.47. The van der Waals surface area contributed by atoms with Gasteiger partial charge in [0.25, 0.3) is 5.91 Å². The SMILES string of the molecule is CC(NC(=O)c1ccc(S(C)(=O)=O)cc1)C12CC3CC(CC(C3)C1)C2. The summed E-state index contributed by atoms with van der Waals surface area (Å²) in [6.45, 7) is 2.16. The van der Waals surface area contributed by atoms with Crippen LogP contribution >= 0.6 is 0 Å². The highest BCUT2D eigenvalue weighted by atomic mass is 32.2. The van der Waals surface area contributed by atoms with E-state index in [1.165, 1.54) is 56.9 Å². The van der Waals surface area contributed by atoms with Gasteiger partial charge in [0, 0.05) is 17.9 Å². The molecule has 25 heavy (non-hydrogen) atoms. The Morgan fingerprint density at radius 3 is 1.96 bits per heavy atom. The molecular formula is C20H27NO3S. The third-order valence-corrected chi connectivity index (χ3v) is 8.02. The molecule has 4 bridgehead atoms. The monoisotopic (exact) mass is 361 g/mol. The molecule has 4 fully saturated rings. The van der Waals surface area contributed by atoms with Gasteiger partial charge in [-0.1, -0.05) is 0 Å². The third-order valence-electron chi connectivity index (χ3n) is 6.90. The lowest BCUT2D eigenvalue weighted by atomic mass is 9.48. The van der Waals surface area contributed by atoms with E-state index in [-0.39, 0.29) is 22.3 Å². The summed E-state index contributed by atoms with van der Waals surface area (Å²) >= 11 is 0. The van der Waals surface area contributed by atoms with Crippen molar-refractivity contribution in [3.05, 3.63) is 29.8 Å². The van der Waals surface area contributed by atoms with Crippen LogP contribution in [0, 0.1) is 23.2 Å². The van der Waals surface area contributed by atoms with Crippen LogP contribution in [0.3, 0.4) is 0 Å². The van der Waals surface area contributed by atoms with Crippen molar-refractivity contribution in [2.75, 3.05) is 6.26 Å². The summed E-state index contributed by atoms with van der Waals surface area (Å²) in [6, 6.07) is 6.41. The number of rotatable bonds is 4. The fourth-order valence-electron chi connectivity index (χ4n) is 5.99. The van der Waals surface area contributed by atoms with Gasteiger partial charge >= 0.3 is 0 Å². The summed E-state index contributed by atoms with van der Waals surface area (Å²) in [5, 5.41) is 3.22. The van der Waals surface area contributed by atoms with Crippen LogP contribution in [-0.4, -0.2) is 26.6 Å². The lowest BCUT2D eigenvalue weighted by Gasteiger charge is -2.59. The molecule has 0 heterocycles. The Kier molecular flexibility index (Phi) is 3.98. The van der Waals surface area contributed by atoms with Crippen LogP contribution in [-0.2, 0) is 9.84 Å². The third kappa shape index (κ3) is 3.12. The number of carbonyl (C=O) groups excluding carboxylic acids is 1. The second kappa shape index (κ2) is 5.83. The van der Waals surface area contributed by atoms with Crippen molar-refractivity contribution in [2.45, 2.75) is 56.4 Å². The Hall–Kier alpha value is -1.36. The summed E-state index contributed by atoms with van der Waals surface area (Å²) in [4.78, 5) is 12.9. The van der Waals surface area contributed by atoms with Crippen molar-refractivity contribution in [1.82, 2.24) is 5.32 Å². The minimum Gasteiger partial charge on any atom is -0.349 e. The van der Waals surface area contributed by atoms with Crippen molar-refractivity contribution in [3.8, 4) is 0 Å². The second-order valence-electron chi connectivity index (χ2n) is 8.77. The molecule has 4 saturated carbocycles. The highest BCUT2D eigenvalue weighted by molar-refractivity contribution is 7.90. The molecule has 0 spiro atoms. The van der Waals surface area contributed by atoms with E-state index in [9.17, 15) is 13.2 Å². The van der Waals surface area contributed by atoms with Gasteiger partial charge in [-0.2, -0.15) is 0 Å². The van der Waals surface area contributed by atoms with Crippen LogP contribution in [0.1, 0.15) is 55.8 Å². The van der Waals surface area contributed by atoms with Crippen LogP contribution < -0.4 is 5.32 Å². The minimum absolute atomic E-state index is 0.0942. The number of nitrogens with one attached hydrogen (secondary N) is 1. The maximum absolute atomic E-state index is 12.6. The van der Waals surface area contributed by atoms with Crippen LogP contribution in [0.15, 0.2) is 29.2 Å². The van der Waals surface area contributed by atoms with E-state index in [0.717, 1.165) is 17.8 Å². The number of sulfone groups is 1. The number of benzene rings is 1. The molecule has 1 aromatic rings. The number of carbonyl (C=O) groups is 1. The topological polar surface area (TPSA) is 63.2 Å². The highest BCUT2D eigenvalue weighted by Crippen LogP contribution is 2.61. The van der Waals surface area contributed by atoms with Gasteiger partial charge in [0.2, 0.25) is 0 Å². The first-order valence-electron chi connectivity index (χ1n) is 9.36. The molecule has 4 aliphatic rings. The molecule has 1 atom stereocenters. The Labute approximate surface area is 150 Å². The molecule has 4 nitrogen and oxygen atoms in total. The van der Waals surface area contributed by atoms with E-state index in [1.807, 2.05) is 0 Å². The summed E-state index contributed by atoms with van der Waals surface area (Å²) in [6.07, 6.45) is 9.14. The minimum atomic E-state index is -3.23. The van der Waals surface area contributed by atoms with Gasteiger partial charge < -0.3 is 5.32 Å². The molecule has 0 aromatic heterocycles. The molecule has 5 rings (SSSR count). The van der Waals surface area contributed by atoms with Crippen LogP contribution in [0.2, 0.25) is 0 Å². The first-order valence-corrected chi connectivity index (χ1v) is 11.3. The van der Waals surface area contributed by atoms with E-state index in [1.54, 1.807) is 12.1 Å². The van der Waals surface area contributed by atoms with Gasteiger partial charge in [-0.3, -0.25) is 4.79 Å². The molecule has 4 aliphatic carbocycles. The van der Waals surface area contributed by atoms with Gasteiger partial charge in [-0.25, -0.2) is 8.42 Å². The van der Waals surface area contributed by atoms with Gasteiger partial charge in [0.15, 0.2) is 9.84 Å². The molecule has 136 valence electrons. The smallest absolute Gasteiger partial charge is 0.251 e. The highest BCUT2D eigenvalue weighted by Gasteiger charge is 2.53. The van der Waals surface area contributed by atoms with Crippen molar-refractivity contribution < 1.29 is 13.2 Å². The average molecular weight is 362 g/mol. The van der Waals surface area contributed by atoms with Crippen molar-refractivity contribution in [1.29, 1.82) is 0 Å². The summed E-state index contributed by atoms with van der Waals surface area (Å²) in [5.41, 5.74) is 0.806. The normalized spacial score (nSPS) is 34.7. The predicted octanol–water partition coefficient (Wildman–Crippen LogP) is 3.42. The fourth-order valence-corrected chi connectivity index (χ4v) is 6.63. The standard InChI is InChI=1S/C20H27NO3S/c1-13(20-10-14-7-15(11-20)9-16(8-14)12-20)21-19(22)17-3-5-18(6-4-17)25(2,23)24/h3-6,13-16H,7-12H2,1-2H3,(H,21,22). The average Bonchev–Trinajstić information content (AvgIpc) is 2.52. The molecule has 1 amide bonds. The largest absolute Gasteiger partial charge is 0.349 e. The molecule has 1 aromatic carbocycles. The van der Waals surface area contributed by atoms with Crippen LogP contribution in [0.5, 0.6) is 0 Å². The molecule has 0 saturated heterocycles. The van der Waals surface area contributed by atoms with E-state index in [2.05, 4.69) is 12.2 Å². The van der Waals surface area contributed by atoms with E-state index in [0.29, 0.717) is 5.56 Å². The Bertz CT molecular complexity index is 746. The second-order valence-corrected chi connectivity index (χ2v) is 10.8. The Morgan fingerprint density at radius 1 is 1.04 bits per heavy atom. The van der Waals surface area contributed by atoms with Gasteiger partial charge in [-0.05, 0) is 92.9 Å². The number of hydrogen-bond acceptors (Lipinski definition) is 3. The first kappa shape index (κ1) is 17.1. The zero-order valence-corrected chi connectivity index (χ0v) is 15.8. The van der Waals surface area contributed by atoms with E-state index >= 15 is 0 Å². The van der Waals surface area contributed by atoms with E-state index < -0.39 is 9.84 Å². The molecule has 5 heteroatoms. The lowest BCUT2D eigenvalue weighted by molar-refractivity contribution is -0.0688. The maximum Gasteiger partial charge on any atom is 0.251 e. The predicted molar refractivity (Wildman–Crippen MR) is 97.1 cm³/mol. The van der Waals surface area contributed by atoms with Crippen molar-refractivity contribution >= 4 is 15.7 Å². The summed E-state index contributed by atoms with van der Waals surface area (Å²) in [5.74, 6) is 2.49. The molecule has 0 aliphatic heterocycles. The number of amides is 1. The molecule has 0 radical (unpaired) electrons. The lowest BCUT2D eigenvalue weighted by Crippen LogP contribution is -2.55. The van der Waals surface area contributed by atoms with Gasteiger partial charge in [-0.15, -0.1) is 0 Å². The quantitative estimate of drug-likeness (QED) is 0.894. The zero-order valence-electron chi connectivity index (χ0n) is 15.0. The first-order chi connectivity index (χ1) is 11.7. The van der Waals surface area contributed by atoms with Crippen molar-refractivity contribution in [3.63, 3.8) is 0 Å². The van der Waals surface area contributed by atoms with Crippen molar-refractivity contribution in [2.24, 2.45) is 23.2 Å². The van der Waals surface area contributed by atoms with Crippen LogP contribution in [0.25, 0.3) is 0 Å². The fraction of sp³-hybridized carbons (Fsp3) is 0.650. The van der Waals surface area contributed by atoms with E-state index in [4.69, 9.17) is 0 Å². The summed E-state index contributed by atoms with van der Waals surface area (Å²) < 4.78 is 23.1. The van der Waals surface area contributed by atoms with Gasteiger partial charge in [0.05, 0.1) is 4.90 Å². The summed E-state index contributed by atoms with van der Waals surface area (Å²) in [7, 11) is -3.23. The maximum atomic E-state index is 12.6.